The number of Topliss-reactive ketones (excluding diaryl/α,β-unsaturated/α-hetero) is 1. The van der Waals surface area contributed by atoms with Crippen molar-refractivity contribution in [3.63, 3.8) is 0 Å². The lowest BCUT2D eigenvalue weighted by molar-refractivity contribution is 0.0474. The molecule has 1 aromatic heterocycles. The molecule has 2 heterocycles. The highest BCUT2D eigenvalue weighted by Gasteiger charge is 2.33. The summed E-state index contributed by atoms with van der Waals surface area (Å²) in [5, 5.41) is -0.176. The van der Waals surface area contributed by atoms with Crippen molar-refractivity contribution in [2.75, 3.05) is 13.4 Å². The first-order valence-corrected chi connectivity index (χ1v) is 12.9. The molecule has 0 atom stereocenters. The van der Waals surface area contributed by atoms with Gasteiger partial charge in [-0.25, -0.2) is 4.79 Å². The van der Waals surface area contributed by atoms with E-state index in [4.69, 9.17) is 25.8 Å². The fourth-order valence-electron chi connectivity index (χ4n) is 5.14. The van der Waals surface area contributed by atoms with Gasteiger partial charge >= 0.3 is 5.97 Å². The molecule has 1 aliphatic heterocycles. The molecule has 8 nitrogen and oxygen atoms in total. The van der Waals surface area contributed by atoms with E-state index in [0.29, 0.717) is 23.6 Å². The average Bonchev–Trinajstić information content (AvgIpc) is 3.54. The SMILES string of the molecule is Cc1cc(C(=O)COC(=O)c2ccc3c(c2Cl)C(=O)c2ccccc2C3=O)c(C)n1Cc1ccc2c(c1)OCO2. The molecule has 0 bridgehead atoms. The summed E-state index contributed by atoms with van der Waals surface area (Å²) in [6.45, 7) is 3.91. The zero-order chi connectivity index (χ0) is 28.1. The number of esters is 1. The summed E-state index contributed by atoms with van der Waals surface area (Å²) in [4.78, 5) is 52.0. The number of carbonyl (C=O) groups is 4. The van der Waals surface area contributed by atoms with Crippen LogP contribution >= 0.6 is 11.6 Å². The van der Waals surface area contributed by atoms with E-state index in [1.165, 1.54) is 12.1 Å². The van der Waals surface area contributed by atoms with Gasteiger partial charge in [-0.1, -0.05) is 41.9 Å². The Bertz CT molecular complexity index is 1770. The molecular weight excluding hydrogens is 534 g/mol. The lowest BCUT2D eigenvalue weighted by atomic mass is 9.83. The monoisotopic (exact) mass is 555 g/mol. The third kappa shape index (κ3) is 4.17. The maximum atomic E-state index is 13.1. The second-order valence-corrected chi connectivity index (χ2v) is 9.99. The van der Waals surface area contributed by atoms with Gasteiger partial charge < -0.3 is 18.8 Å². The number of carbonyl (C=O) groups excluding carboxylic acids is 4. The van der Waals surface area contributed by atoms with E-state index in [-0.39, 0.29) is 51.2 Å². The van der Waals surface area contributed by atoms with Crippen molar-refractivity contribution in [3.8, 4) is 11.5 Å². The summed E-state index contributed by atoms with van der Waals surface area (Å²) >= 11 is 6.46. The van der Waals surface area contributed by atoms with Crippen molar-refractivity contribution in [2.24, 2.45) is 0 Å². The molecule has 9 heteroatoms. The number of hydrogen-bond acceptors (Lipinski definition) is 7. The second-order valence-electron chi connectivity index (χ2n) is 9.61. The predicted octanol–water partition coefficient (Wildman–Crippen LogP) is 5.35. The second kappa shape index (κ2) is 9.81. The van der Waals surface area contributed by atoms with Crippen LogP contribution in [-0.2, 0) is 11.3 Å². The highest BCUT2D eigenvalue weighted by atomic mass is 35.5. The molecule has 200 valence electrons. The molecule has 0 saturated carbocycles. The predicted molar refractivity (Wildman–Crippen MR) is 145 cm³/mol. The van der Waals surface area contributed by atoms with E-state index < -0.39 is 18.4 Å². The van der Waals surface area contributed by atoms with Gasteiger partial charge in [0.15, 0.2) is 29.7 Å². The molecule has 6 rings (SSSR count). The highest BCUT2D eigenvalue weighted by molar-refractivity contribution is 6.41. The van der Waals surface area contributed by atoms with Crippen LogP contribution in [0, 0.1) is 13.8 Å². The van der Waals surface area contributed by atoms with Crippen LogP contribution in [0.2, 0.25) is 5.02 Å². The average molecular weight is 556 g/mol. The Morgan fingerprint density at radius 2 is 1.60 bits per heavy atom. The number of halogens is 1. The highest BCUT2D eigenvalue weighted by Crippen LogP contribution is 2.35. The number of rotatable bonds is 6. The summed E-state index contributed by atoms with van der Waals surface area (Å²) < 4.78 is 18.1. The molecule has 4 aromatic rings. The zero-order valence-corrected chi connectivity index (χ0v) is 22.3. The first kappa shape index (κ1) is 25.6. The Labute approximate surface area is 234 Å². The van der Waals surface area contributed by atoms with Crippen LogP contribution in [-0.4, -0.2) is 41.3 Å². The molecule has 0 saturated heterocycles. The fraction of sp³-hybridized carbons (Fsp3) is 0.161. The molecule has 40 heavy (non-hydrogen) atoms. The molecule has 0 unspecified atom stereocenters. The van der Waals surface area contributed by atoms with Gasteiger partial charge in [0.25, 0.3) is 0 Å². The normalized spacial score (nSPS) is 13.2. The summed E-state index contributed by atoms with van der Waals surface area (Å²) in [6.07, 6.45) is 0. The van der Waals surface area contributed by atoms with Crippen LogP contribution in [0.25, 0.3) is 0 Å². The topological polar surface area (TPSA) is 101 Å². The maximum Gasteiger partial charge on any atom is 0.340 e. The first-order chi connectivity index (χ1) is 19.2. The summed E-state index contributed by atoms with van der Waals surface area (Å²) in [5.74, 6) is -0.669. The number of fused-ring (bicyclic) bond motifs is 3. The maximum absolute atomic E-state index is 13.1. The Hall–Kier alpha value is -4.69. The molecule has 0 fully saturated rings. The number of hydrogen-bond donors (Lipinski definition) is 0. The Morgan fingerprint density at radius 3 is 2.38 bits per heavy atom. The standard InChI is InChI=1S/C31H22ClNO7/c1-16-11-23(17(2)33(16)13-18-7-10-25-26(12-18)40-15-39-25)24(34)14-38-31(37)22-9-8-21-27(28(22)32)30(36)20-6-4-3-5-19(20)29(21)35/h3-12H,13-15H2,1-2H3. The third-order valence-electron chi connectivity index (χ3n) is 7.24. The van der Waals surface area contributed by atoms with Crippen molar-refractivity contribution in [3.05, 3.63) is 116 Å². The molecule has 1 aliphatic carbocycles. The van der Waals surface area contributed by atoms with E-state index in [9.17, 15) is 19.2 Å². The Balaban J connectivity index is 1.18. The van der Waals surface area contributed by atoms with Crippen LogP contribution in [0.5, 0.6) is 11.5 Å². The van der Waals surface area contributed by atoms with Gasteiger partial charge in [-0.3, -0.25) is 14.4 Å². The van der Waals surface area contributed by atoms with Gasteiger partial charge in [-0.2, -0.15) is 0 Å². The summed E-state index contributed by atoms with van der Waals surface area (Å²) in [7, 11) is 0. The Kier molecular flexibility index (Phi) is 6.27. The zero-order valence-electron chi connectivity index (χ0n) is 21.6. The molecule has 0 spiro atoms. The number of nitrogens with zero attached hydrogens (tertiary/aromatic N) is 1. The number of ketones is 3. The molecule has 3 aromatic carbocycles. The van der Waals surface area contributed by atoms with Crippen LogP contribution in [0.3, 0.4) is 0 Å². The van der Waals surface area contributed by atoms with Gasteiger partial charge in [0, 0.05) is 40.2 Å². The fourth-order valence-corrected chi connectivity index (χ4v) is 5.47. The van der Waals surface area contributed by atoms with Gasteiger partial charge in [0.2, 0.25) is 12.6 Å². The molecule has 0 amide bonds. The van der Waals surface area contributed by atoms with E-state index >= 15 is 0 Å². The number of ether oxygens (including phenoxy) is 3. The van der Waals surface area contributed by atoms with Gasteiger partial charge in [-0.15, -0.1) is 0 Å². The van der Waals surface area contributed by atoms with Crippen LogP contribution in [0.1, 0.15) is 69.5 Å². The van der Waals surface area contributed by atoms with Crippen molar-refractivity contribution in [1.82, 2.24) is 4.57 Å². The lowest BCUT2D eigenvalue weighted by Crippen LogP contribution is -2.23. The van der Waals surface area contributed by atoms with E-state index in [1.54, 1.807) is 30.3 Å². The smallest absolute Gasteiger partial charge is 0.340 e. The lowest BCUT2D eigenvalue weighted by Gasteiger charge is -2.19. The minimum Gasteiger partial charge on any atom is -0.454 e. The van der Waals surface area contributed by atoms with Crippen molar-refractivity contribution >= 4 is 34.9 Å². The van der Waals surface area contributed by atoms with Crippen molar-refractivity contribution < 1.29 is 33.4 Å². The number of aromatic nitrogens is 1. The van der Waals surface area contributed by atoms with E-state index in [2.05, 4.69) is 0 Å². The van der Waals surface area contributed by atoms with E-state index in [1.807, 2.05) is 36.6 Å². The molecule has 0 radical (unpaired) electrons. The minimum absolute atomic E-state index is 0.0433. The number of benzene rings is 3. The molecular formula is C31H22ClNO7. The van der Waals surface area contributed by atoms with Gasteiger partial charge in [0.05, 0.1) is 16.1 Å². The summed E-state index contributed by atoms with van der Waals surface area (Å²) in [6, 6.07) is 16.6. The van der Waals surface area contributed by atoms with Crippen LogP contribution in [0.4, 0.5) is 0 Å². The number of aryl methyl sites for hydroxylation is 1. The van der Waals surface area contributed by atoms with Crippen LogP contribution < -0.4 is 9.47 Å². The van der Waals surface area contributed by atoms with Crippen molar-refractivity contribution in [2.45, 2.75) is 20.4 Å². The van der Waals surface area contributed by atoms with Crippen molar-refractivity contribution in [1.29, 1.82) is 0 Å². The largest absolute Gasteiger partial charge is 0.454 e. The molecule has 2 aliphatic rings. The quantitative estimate of drug-likeness (QED) is 0.206. The first-order valence-electron chi connectivity index (χ1n) is 12.5. The summed E-state index contributed by atoms with van der Waals surface area (Å²) in [5.41, 5.74) is 3.49. The third-order valence-corrected chi connectivity index (χ3v) is 7.63. The Morgan fingerprint density at radius 1 is 0.875 bits per heavy atom. The molecule has 0 N–H and O–H groups in total. The van der Waals surface area contributed by atoms with Gasteiger partial charge in [-0.05, 0) is 49.7 Å². The minimum atomic E-state index is -0.866. The van der Waals surface area contributed by atoms with Gasteiger partial charge in [0.1, 0.15) is 0 Å². The van der Waals surface area contributed by atoms with E-state index in [0.717, 1.165) is 17.0 Å². The van der Waals surface area contributed by atoms with Crippen LogP contribution in [0.15, 0.2) is 60.7 Å².